The van der Waals surface area contributed by atoms with Crippen molar-refractivity contribution in [2.75, 3.05) is 7.05 Å². The van der Waals surface area contributed by atoms with Gasteiger partial charge in [-0.1, -0.05) is 11.6 Å². The van der Waals surface area contributed by atoms with Gasteiger partial charge in [0.05, 0.1) is 17.3 Å². The number of urea groups is 1. The van der Waals surface area contributed by atoms with Crippen LogP contribution in [0, 0.1) is 11.8 Å². The monoisotopic (exact) mass is 320 g/mol. The highest BCUT2D eigenvalue weighted by atomic mass is 35.5. The number of nitrogens with one attached hydrogen (secondary N) is 3. The zero-order valence-corrected chi connectivity index (χ0v) is 12.8. The van der Waals surface area contributed by atoms with Gasteiger partial charge in [0.25, 0.3) is 0 Å². The van der Waals surface area contributed by atoms with Crippen molar-refractivity contribution >= 4 is 28.5 Å². The van der Waals surface area contributed by atoms with Crippen LogP contribution in [0.2, 0.25) is 5.02 Å². The van der Waals surface area contributed by atoms with Crippen LogP contribution in [0.3, 0.4) is 0 Å². The summed E-state index contributed by atoms with van der Waals surface area (Å²) in [5.41, 5.74) is 0.730. The van der Waals surface area contributed by atoms with Crippen LogP contribution >= 0.6 is 11.6 Å². The predicted octanol–water partition coefficient (Wildman–Crippen LogP) is 1.74. The Morgan fingerprint density at radius 3 is 2.86 bits per heavy atom. The summed E-state index contributed by atoms with van der Waals surface area (Å²) in [6.45, 7) is 0. The van der Waals surface area contributed by atoms with Crippen LogP contribution < -0.4 is 10.6 Å². The van der Waals surface area contributed by atoms with Gasteiger partial charge >= 0.3 is 6.03 Å². The third-order valence-electron chi connectivity index (χ3n) is 5.02. The number of hydrogen-bond donors (Lipinski definition) is 4. The third-order valence-corrected chi connectivity index (χ3v) is 5.24. The summed E-state index contributed by atoms with van der Waals surface area (Å²) >= 11 is 6.17. The van der Waals surface area contributed by atoms with Crippen molar-refractivity contribution in [2.24, 2.45) is 11.8 Å². The van der Waals surface area contributed by atoms with Crippen LogP contribution in [0.15, 0.2) is 18.3 Å². The maximum atomic E-state index is 11.4. The Balaban J connectivity index is 1.60. The van der Waals surface area contributed by atoms with Gasteiger partial charge in [-0.3, -0.25) is 5.10 Å². The zero-order valence-electron chi connectivity index (χ0n) is 12.1. The number of carbonyl (C=O) groups excluding carboxylic acids is 1. The minimum atomic E-state index is -0.911. The van der Waals surface area contributed by atoms with E-state index < -0.39 is 5.60 Å². The SMILES string of the molecule is CNC(=O)NC1C2CC(O)(c3cc(Cl)cc4cn[nH]c34)CC21. The summed E-state index contributed by atoms with van der Waals surface area (Å²) in [7, 11) is 1.60. The number of benzene rings is 1. The van der Waals surface area contributed by atoms with Crippen LogP contribution in [0.4, 0.5) is 4.79 Å². The van der Waals surface area contributed by atoms with Crippen LogP contribution in [0.5, 0.6) is 0 Å². The molecule has 0 saturated heterocycles. The van der Waals surface area contributed by atoms with Gasteiger partial charge in [0, 0.05) is 29.1 Å². The Labute approximate surface area is 132 Å². The average Bonchev–Trinajstić information content (AvgIpc) is 2.86. The van der Waals surface area contributed by atoms with Crippen molar-refractivity contribution in [3.8, 4) is 0 Å². The number of aliphatic hydroxyl groups is 1. The topological polar surface area (TPSA) is 90.0 Å². The summed E-state index contributed by atoms with van der Waals surface area (Å²) in [5.74, 6) is 0.638. The second-order valence-electron chi connectivity index (χ2n) is 6.30. The fourth-order valence-electron chi connectivity index (χ4n) is 3.91. The molecule has 1 heterocycles. The van der Waals surface area contributed by atoms with Crippen molar-refractivity contribution in [1.82, 2.24) is 20.8 Å². The molecule has 2 amide bonds. The number of halogens is 1. The van der Waals surface area contributed by atoms with E-state index in [4.69, 9.17) is 11.6 Å². The third kappa shape index (κ3) is 1.98. The second kappa shape index (κ2) is 4.60. The molecule has 0 spiro atoms. The molecule has 2 aliphatic carbocycles. The van der Waals surface area contributed by atoms with Crippen LogP contribution in [0.1, 0.15) is 18.4 Å². The Hall–Kier alpha value is -1.79. The van der Waals surface area contributed by atoms with Crippen LogP contribution in [0.25, 0.3) is 10.9 Å². The van der Waals surface area contributed by atoms with Crippen molar-refractivity contribution in [2.45, 2.75) is 24.5 Å². The molecule has 2 unspecified atom stereocenters. The van der Waals surface area contributed by atoms with Crippen molar-refractivity contribution in [3.63, 3.8) is 0 Å². The van der Waals surface area contributed by atoms with Gasteiger partial charge in [0.15, 0.2) is 0 Å². The molecule has 7 heteroatoms. The quantitative estimate of drug-likeness (QED) is 0.679. The van der Waals surface area contributed by atoms with Crippen LogP contribution in [-0.2, 0) is 5.60 Å². The summed E-state index contributed by atoms with van der Waals surface area (Å²) in [5, 5.41) is 25.1. The lowest BCUT2D eigenvalue weighted by Gasteiger charge is -2.27. The van der Waals surface area contributed by atoms with E-state index in [2.05, 4.69) is 20.8 Å². The molecule has 1 aromatic carbocycles. The molecule has 6 nitrogen and oxygen atoms in total. The van der Waals surface area contributed by atoms with E-state index in [-0.39, 0.29) is 12.1 Å². The van der Waals surface area contributed by atoms with E-state index in [1.807, 2.05) is 12.1 Å². The minimum Gasteiger partial charge on any atom is -0.385 e. The zero-order chi connectivity index (χ0) is 15.5. The van der Waals surface area contributed by atoms with Gasteiger partial charge in [-0.2, -0.15) is 5.10 Å². The number of aromatic amines is 1. The molecule has 22 heavy (non-hydrogen) atoms. The van der Waals surface area contributed by atoms with E-state index in [1.165, 1.54) is 0 Å². The maximum absolute atomic E-state index is 11.4. The lowest BCUT2D eigenvalue weighted by Crippen LogP contribution is -2.38. The van der Waals surface area contributed by atoms with Crippen LogP contribution in [-0.4, -0.2) is 34.4 Å². The fraction of sp³-hybridized carbons (Fsp3) is 0.467. The number of hydrogen-bond acceptors (Lipinski definition) is 3. The van der Waals surface area contributed by atoms with E-state index in [9.17, 15) is 9.90 Å². The summed E-state index contributed by atoms with van der Waals surface area (Å²) in [4.78, 5) is 11.4. The van der Waals surface area contributed by atoms with Gasteiger partial charge in [-0.05, 0) is 36.8 Å². The number of carbonyl (C=O) groups is 1. The lowest BCUT2D eigenvalue weighted by atomic mass is 9.87. The minimum absolute atomic E-state index is 0.164. The number of rotatable bonds is 2. The van der Waals surface area contributed by atoms with E-state index in [1.54, 1.807) is 13.2 Å². The van der Waals surface area contributed by atoms with E-state index >= 15 is 0 Å². The molecule has 2 aliphatic rings. The first kappa shape index (κ1) is 13.8. The summed E-state index contributed by atoms with van der Waals surface area (Å²) in [6.07, 6.45) is 2.96. The number of nitrogens with zero attached hydrogens (tertiary/aromatic N) is 1. The molecule has 4 N–H and O–H groups in total. The maximum Gasteiger partial charge on any atom is 0.314 e. The highest BCUT2D eigenvalue weighted by molar-refractivity contribution is 6.31. The molecule has 0 aliphatic heterocycles. The Morgan fingerprint density at radius 2 is 2.18 bits per heavy atom. The van der Waals surface area contributed by atoms with Gasteiger partial charge in [-0.25, -0.2) is 4.79 Å². The first-order valence-corrected chi connectivity index (χ1v) is 7.73. The van der Waals surface area contributed by atoms with Crippen molar-refractivity contribution < 1.29 is 9.90 Å². The molecule has 2 aromatic rings. The molecule has 0 radical (unpaired) electrons. The van der Waals surface area contributed by atoms with Gasteiger partial charge in [0.2, 0.25) is 0 Å². The number of aromatic nitrogens is 2. The van der Waals surface area contributed by atoms with Crippen molar-refractivity contribution in [1.29, 1.82) is 0 Å². The lowest BCUT2D eigenvalue weighted by molar-refractivity contribution is 0.0297. The molecule has 2 fully saturated rings. The van der Waals surface area contributed by atoms with Gasteiger partial charge in [0.1, 0.15) is 0 Å². The van der Waals surface area contributed by atoms with Gasteiger partial charge < -0.3 is 15.7 Å². The second-order valence-corrected chi connectivity index (χ2v) is 6.74. The molecule has 4 rings (SSSR count). The first-order valence-electron chi connectivity index (χ1n) is 7.35. The fourth-order valence-corrected chi connectivity index (χ4v) is 4.14. The number of fused-ring (bicyclic) bond motifs is 2. The normalized spacial score (nSPS) is 32.8. The molecular weight excluding hydrogens is 304 g/mol. The molecule has 116 valence electrons. The number of H-pyrrole nitrogens is 1. The summed E-state index contributed by atoms with van der Waals surface area (Å²) < 4.78 is 0. The van der Waals surface area contributed by atoms with Crippen molar-refractivity contribution in [3.05, 3.63) is 28.9 Å². The highest BCUT2D eigenvalue weighted by Gasteiger charge is 2.62. The molecule has 1 aromatic heterocycles. The smallest absolute Gasteiger partial charge is 0.314 e. The predicted molar refractivity (Wildman–Crippen MR) is 82.6 cm³/mol. The van der Waals surface area contributed by atoms with E-state index in [0.29, 0.717) is 29.7 Å². The highest BCUT2D eigenvalue weighted by Crippen LogP contribution is 2.60. The Kier molecular flexibility index (Phi) is 2.90. The number of amides is 2. The summed E-state index contributed by atoms with van der Waals surface area (Å²) in [6, 6.07) is 3.64. The Bertz CT molecular complexity index is 747. The Morgan fingerprint density at radius 1 is 1.45 bits per heavy atom. The van der Waals surface area contributed by atoms with Gasteiger partial charge in [-0.15, -0.1) is 0 Å². The average molecular weight is 321 g/mol. The molecule has 2 atom stereocenters. The van der Waals surface area contributed by atoms with E-state index in [0.717, 1.165) is 16.5 Å². The molecular formula is C15H17ClN4O2. The standard InChI is InChI=1S/C15H17ClN4O2/c1-17-14(21)19-13-9-4-15(22,5-10(9)13)11-3-8(16)2-7-6-18-20-12(7)11/h2-3,6,9-10,13,22H,4-5H2,1H3,(H,18,20)(H2,17,19,21). The first-order chi connectivity index (χ1) is 10.5. The molecule has 0 bridgehead atoms. The molecule has 2 saturated carbocycles. The largest absolute Gasteiger partial charge is 0.385 e.